The summed E-state index contributed by atoms with van der Waals surface area (Å²) in [6.07, 6.45) is 6.44. The molecule has 1 aromatic heterocycles. The monoisotopic (exact) mass is 249 g/mol. The molecule has 2 rings (SSSR count). The highest BCUT2D eigenvalue weighted by atomic mass is 16.4. The topological polar surface area (TPSA) is 96.4 Å². The molecule has 0 bridgehead atoms. The summed E-state index contributed by atoms with van der Waals surface area (Å²) in [6, 6.07) is 0. The molecule has 0 radical (unpaired) electrons. The molecule has 18 heavy (non-hydrogen) atoms. The SMILES string of the molecule is Cc1cnc(CNCC2(CC(N)=NO)CC2)cn1. The highest BCUT2D eigenvalue weighted by molar-refractivity contribution is 5.80. The average Bonchev–Trinajstić information content (AvgIpc) is 3.11. The van der Waals surface area contributed by atoms with Gasteiger partial charge in [0.05, 0.1) is 11.4 Å². The fourth-order valence-corrected chi connectivity index (χ4v) is 1.98. The van der Waals surface area contributed by atoms with Crippen LogP contribution in [0.1, 0.15) is 30.7 Å². The van der Waals surface area contributed by atoms with E-state index < -0.39 is 0 Å². The maximum Gasteiger partial charge on any atom is 0.139 e. The summed E-state index contributed by atoms with van der Waals surface area (Å²) in [6.45, 7) is 3.48. The van der Waals surface area contributed by atoms with Crippen LogP contribution in [0.15, 0.2) is 17.5 Å². The van der Waals surface area contributed by atoms with E-state index in [9.17, 15) is 0 Å². The zero-order valence-electron chi connectivity index (χ0n) is 10.6. The molecule has 1 heterocycles. The Bertz CT molecular complexity index is 425. The van der Waals surface area contributed by atoms with Gasteiger partial charge >= 0.3 is 0 Å². The Morgan fingerprint density at radius 3 is 2.83 bits per heavy atom. The molecule has 6 heteroatoms. The van der Waals surface area contributed by atoms with Crippen molar-refractivity contribution in [2.75, 3.05) is 6.54 Å². The molecule has 98 valence electrons. The summed E-state index contributed by atoms with van der Waals surface area (Å²) in [5.74, 6) is 0.310. The first-order valence-electron chi connectivity index (χ1n) is 6.08. The number of nitrogens with two attached hydrogens (primary N) is 1. The summed E-state index contributed by atoms with van der Waals surface area (Å²) < 4.78 is 0. The van der Waals surface area contributed by atoms with Crippen LogP contribution in [0.3, 0.4) is 0 Å². The van der Waals surface area contributed by atoms with Gasteiger partial charge in [0.25, 0.3) is 0 Å². The first-order chi connectivity index (χ1) is 8.63. The molecule has 1 fully saturated rings. The van der Waals surface area contributed by atoms with Gasteiger partial charge in [-0.15, -0.1) is 0 Å². The molecule has 0 aliphatic heterocycles. The lowest BCUT2D eigenvalue weighted by atomic mass is 10.0. The van der Waals surface area contributed by atoms with Gasteiger partial charge in [0.2, 0.25) is 0 Å². The molecule has 1 saturated carbocycles. The summed E-state index contributed by atoms with van der Waals surface area (Å²) in [5, 5.41) is 15.0. The van der Waals surface area contributed by atoms with E-state index in [1.807, 2.05) is 6.92 Å². The van der Waals surface area contributed by atoms with E-state index in [0.29, 0.717) is 18.8 Å². The molecule has 1 aliphatic carbocycles. The lowest BCUT2D eigenvalue weighted by Gasteiger charge is -2.14. The van der Waals surface area contributed by atoms with Crippen LogP contribution in [0.25, 0.3) is 0 Å². The van der Waals surface area contributed by atoms with Gasteiger partial charge in [-0.2, -0.15) is 0 Å². The third-order valence-electron chi connectivity index (χ3n) is 3.28. The van der Waals surface area contributed by atoms with Gasteiger partial charge in [0.1, 0.15) is 5.84 Å². The maximum absolute atomic E-state index is 8.58. The van der Waals surface area contributed by atoms with Crippen LogP contribution in [0.4, 0.5) is 0 Å². The van der Waals surface area contributed by atoms with Crippen molar-refractivity contribution >= 4 is 5.84 Å². The Hall–Kier alpha value is -1.69. The van der Waals surface area contributed by atoms with Gasteiger partial charge in [0.15, 0.2) is 0 Å². The first-order valence-corrected chi connectivity index (χ1v) is 6.08. The number of oxime groups is 1. The zero-order chi connectivity index (χ0) is 13.0. The summed E-state index contributed by atoms with van der Waals surface area (Å²) in [7, 11) is 0. The van der Waals surface area contributed by atoms with Crippen LogP contribution in [-0.4, -0.2) is 27.6 Å². The molecule has 0 aromatic carbocycles. The molecule has 0 amide bonds. The largest absolute Gasteiger partial charge is 0.409 e. The van der Waals surface area contributed by atoms with Crippen LogP contribution >= 0.6 is 0 Å². The second-order valence-corrected chi connectivity index (χ2v) is 5.02. The summed E-state index contributed by atoms with van der Waals surface area (Å²) in [4.78, 5) is 8.48. The van der Waals surface area contributed by atoms with Gasteiger partial charge in [0, 0.05) is 31.9 Å². The fourth-order valence-electron chi connectivity index (χ4n) is 1.98. The molecule has 1 aliphatic rings. The predicted octanol–water partition coefficient (Wildman–Crippen LogP) is 0.791. The molecule has 0 atom stereocenters. The minimum Gasteiger partial charge on any atom is -0.409 e. The van der Waals surface area contributed by atoms with E-state index in [0.717, 1.165) is 30.8 Å². The third-order valence-corrected chi connectivity index (χ3v) is 3.28. The van der Waals surface area contributed by atoms with Crippen molar-refractivity contribution in [1.82, 2.24) is 15.3 Å². The van der Waals surface area contributed by atoms with Crippen molar-refractivity contribution in [3.63, 3.8) is 0 Å². The van der Waals surface area contributed by atoms with E-state index >= 15 is 0 Å². The Labute approximate surface area is 106 Å². The normalized spacial score (nSPS) is 17.7. The van der Waals surface area contributed by atoms with E-state index in [-0.39, 0.29) is 5.41 Å². The van der Waals surface area contributed by atoms with E-state index in [4.69, 9.17) is 10.9 Å². The van der Waals surface area contributed by atoms with Gasteiger partial charge < -0.3 is 16.3 Å². The van der Waals surface area contributed by atoms with Crippen LogP contribution in [0.5, 0.6) is 0 Å². The smallest absolute Gasteiger partial charge is 0.139 e. The Balaban J connectivity index is 1.77. The maximum atomic E-state index is 8.58. The minimum absolute atomic E-state index is 0.175. The number of nitrogens with one attached hydrogen (secondary N) is 1. The number of amidine groups is 1. The summed E-state index contributed by atoms with van der Waals surface area (Å²) >= 11 is 0. The summed E-state index contributed by atoms with van der Waals surface area (Å²) in [5.41, 5.74) is 7.57. The molecular weight excluding hydrogens is 230 g/mol. The number of rotatable bonds is 6. The lowest BCUT2D eigenvalue weighted by molar-refractivity contribution is 0.314. The Morgan fingerprint density at radius 2 is 2.28 bits per heavy atom. The van der Waals surface area contributed by atoms with Crippen molar-refractivity contribution in [3.8, 4) is 0 Å². The molecule has 1 aromatic rings. The highest BCUT2D eigenvalue weighted by Gasteiger charge is 2.42. The van der Waals surface area contributed by atoms with E-state index in [2.05, 4.69) is 20.4 Å². The second kappa shape index (κ2) is 5.30. The first kappa shape index (κ1) is 12.8. The molecule has 6 nitrogen and oxygen atoms in total. The second-order valence-electron chi connectivity index (χ2n) is 5.02. The minimum atomic E-state index is 0.175. The van der Waals surface area contributed by atoms with Crippen molar-refractivity contribution in [1.29, 1.82) is 0 Å². The van der Waals surface area contributed by atoms with Crippen LogP contribution in [-0.2, 0) is 6.54 Å². The number of nitrogens with zero attached hydrogens (tertiary/aromatic N) is 3. The number of hydrogen-bond donors (Lipinski definition) is 3. The lowest BCUT2D eigenvalue weighted by Crippen LogP contribution is -2.28. The van der Waals surface area contributed by atoms with Gasteiger partial charge in [-0.25, -0.2) is 0 Å². The molecule has 0 saturated heterocycles. The van der Waals surface area contributed by atoms with Crippen molar-refractivity contribution < 1.29 is 5.21 Å². The van der Waals surface area contributed by atoms with Gasteiger partial charge in [-0.1, -0.05) is 5.16 Å². The Kier molecular flexibility index (Phi) is 3.76. The van der Waals surface area contributed by atoms with Gasteiger partial charge in [-0.3, -0.25) is 9.97 Å². The molecule has 0 unspecified atom stereocenters. The molecular formula is C12H19N5O. The van der Waals surface area contributed by atoms with Crippen LogP contribution in [0.2, 0.25) is 0 Å². The predicted molar refractivity (Wildman–Crippen MR) is 68.2 cm³/mol. The standard InChI is InChI=1S/C12H19N5O/c1-9-5-16-10(7-15-9)6-14-8-12(2-3-12)4-11(13)17-18/h5,7,14,18H,2-4,6,8H2,1H3,(H2,13,17). The average molecular weight is 249 g/mol. The number of hydrogen-bond acceptors (Lipinski definition) is 5. The highest BCUT2D eigenvalue weighted by Crippen LogP contribution is 2.48. The molecule has 4 N–H and O–H groups in total. The van der Waals surface area contributed by atoms with E-state index in [1.165, 1.54) is 0 Å². The number of aromatic nitrogens is 2. The van der Waals surface area contributed by atoms with Crippen molar-refractivity contribution in [2.24, 2.45) is 16.3 Å². The third kappa shape index (κ3) is 3.40. The zero-order valence-corrected chi connectivity index (χ0v) is 10.6. The molecule has 0 spiro atoms. The van der Waals surface area contributed by atoms with Crippen LogP contribution in [0, 0.1) is 12.3 Å². The number of aryl methyl sites for hydroxylation is 1. The van der Waals surface area contributed by atoms with Crippen molar-refractivity contribution in [3.05, 3.63) is 23.8 Å². The Morgan fingerprint density at radius 1 is 1.50 bits per heavy atom. The fraction of sp³-hybridized carbons (Fsp3) is 0.583. The van der Waals surface area contributed by atoms with Crippen LogP contribution < -0.4 is 11.1 Å². The van der Waals surface area contributed by atoms with E-state index in [1.54, 1.807) is 12.4 Å². The van der Waals surface area contributed by atoms with Crippen molar-refractivity contribution in [2.45, 2.75) is 32.7 Å². The quantitative estimate of drug-likeness (QED) is 0.300. The van der Waals surface area contributed by atoms with Gasteiger partial charge in [-0.05, 0) is 25.2 Å².